The Morgan fingerprint density at radius 3 is 2.42 bits per heavy atom. The van der Waals surface area contributed by atoms with Crippen molar-refractivity contribution in [2.45, 2.75) is 44.2 Å². The lowest BCUT2D eigenvalue weighted by atomic mass is 9.86. The van der Waals surface area contributed by atoms with Crippen LogP contribution in [0.3, 0.4) is 0 Å². The summed E-state index contributed by atoms with van der Waals surface area (Å²) in [6, 6.07) is 7.98. The summed E-state index contributed by atoms with van der Waals surface area (Å²) in [5.74, 6) is -0.638. The molecule has 2 aromatic carbocycles. The fourth-order valence-corrected chi connectivity index (χ4v) is 4.78. The summed E-state index contributed by atoms with van der Waals surface area (Å²) in [5, 5.41) is 3.79. The number of ether oxygens (including phenoxy) is 2. The first-order valence-corrected chi connectivity index (χ1v) is 11.6. The molecule has 0 N–H and O–H groups in total. The molecule has 12 heteroatoms. The van der Waals surface area contributed by atoms with E-state index in [1.54, 1.807) is 6.92 Å². The van der Waals surface area contributed by atoms with E-state index in [9.17, 15) is 22.8 Å². The second-order valence-corrected chi connectivity index (χ2v) is 9.30. The Kier molecular flexibility index (Phi) is 7.23. The van der Waals surface area contributed by atoms with E-state index in [1.165, 1.54) is 24.3 Å². The number of carbonyl (C=O) groups is 2. The predicted molar refractivity (Wildman–Crippen MR) is 125 cm³/mol. The van der Waals surface area contributed by atoms with Crippen molar-refractivity contribution in [3.63, 3.8) is 0 Å². The number of rotatable bonds is 4. The number of nitrogens with zero attached hydrogens (tertiary/aromatic N) is 2. The second kappa shape index (κ2) is 9.91. The fourth-order valence-electron chi connectivity index (χ4n) is 4.25. The number of alkyl halides is 3. The topological polar surface area (TPSA) is 77.4 Å². The van der Waals surface area contributed by atoms with Gasteiger partial charge in [-0.3, -0.25) is 4.79 Å². The molecule has 4 rings (SSSR count). The van der Waals surface area contributed by atoms with E-state index in [0.717, 1.165) is 24.1 Å². The van der Waals surface area contributed by atoms with E-state index < -0.39 is 36.4 Å². The molecule has 0 aromatic heterocycles. The number of amides is 2. The van der Waals surface area contributed by atoms with Crippen molar-refractivity contribution >= 4 is 40.9 Å². The van der Waals surface area contributed by atoms with Crippen LogP contribution in [0.15, 0.2) is 41.6 Å². The van der Waals surface area contributed by atoms with Crippen molar-refractivity contribution in [1.29, 1.82) is 0 Å². The van der Waals surface area contributed by atoms with Gasteiger partial charge >= 0.3 is 12.3 Å². The summed E-state index contributed by atoms with van der Waals surface area (Å²) in [7, 11) is 1.16. The average molecular weight is 545 g/mol. The Hall–Kier alpha value is -2.82. The SMILES string of the molecule is COC(=O)N(C(=O)c1ccc(C2=NOC(c3cc(Cl)cc(Cl)c3)(C(F)(F)F)C2)cc1C)C1CCCO1. The number of methoxy groups -OCH3 is 1. The molecule has 7 nitrogen and oxygen atoms in total. The highest BCUT2D eigenvalue weighted by Gasteiger charge is 2.62. The maximum Gasteiger partial charge on any atom is 0.435 e. The van der Waals surface area contributed by atoms with Gasteiger partial charge in [-0.15, -0.1) is 0 Å². The number of oxime groups is 1. The van der Waals surface area contributed by atoms with Crippen LogP contribution in [0.2, 0.25) is 10.0 Å². The summed E-state index contributed by atoms with van der Waals surface area (Å²) in [6.07, 6.45) is -5.93. The maximum absolute atomic E-state index is 14.3. The van der Waals surface area contributed by atoms with Crippen LogP contribution in [0.25, 0.3) is 0 Å². The summed E-state index contributed by atoms with van der Waals surface area (Å²) in [5.41, 5.74) is -2.12. The molecule has 0 saturated carbocycles. The summed E-state index contributed by atoms with van der Waals surface area (Å²) in [4.78, 5) is 31.4. The molecule has 2 aromatic rings. The van der Waals surface area contributed by atoms with E-state index in [4.69, 9.17) is 37.5 Å². The third-order valence-corrected chi connectivity index (χ3v) is 6.53. The van der Waals surface area contributed by atoms with Crippen molar-refractivity contribution in [2.24, 2.45) is 5.16 Å². The van der Waals surface area contributed by atoms with Gasteiger partial charge in [-0.2, -0.15) is 13.2 Å². The molecule has 36 heavy (non-hydrogen) atoms. The third kappa shape index (κ3) is 4.77. The minimum Gasteiger partial charge on any atom is -0.452 e. The van der Waals surface area contributed by atoms with Gasteiger partial charge in [-0.1, -0.05) is 34.4 Å². The number of carbonyl (C=O) groups excluding carboxylic acids is 2. The van der Waals surface area contributed by atoms with Crippen molar-refractivity contribution in [3.05, 3.63) is 68.7 Å². The van der Waals surface area contributed by atoms with E-state index in [-0.39, 0.29) is 26.9 Å². The van der Waals surface area contributed by atoms with Gasteiger partial charge < -0.3 is 14.3 Å². The molecule has 0 spiro atoms. The Balaban J connectivity index is 1.64. The molecule has 1 fully saturated rings. The van der Waals surface area contributed by atoms with Gasteiger partial charge in [0.25, 0.3) is 11.5 Å². The Morgan fingerprint density at radius 1 is 1.17 bits per heavy atom. The van der Waals surface area contributed by atoms with Crippen LogP contribution in [0, 0.1) is 6.92 Å². The van der Waals surface area contributed by atoms with Gasteiger partial charge in [0.1, 0.15) is 6.23 Å². The molecule has 2 aliphatic heterocycles. The molecule has 0 radical (unpaired) electrons. The van der Waals surface area contributed by atoms with Crippen molar-refractivity contribution in [1.82, 2.24) is 4.90 Å². The van der Waals surface area contributed by atoms with Crippen LogP contribution in [-0.4, -0.2) is 48.7 Å². The molecule has 2 heterocycles. The molecule has 1 saturated heterocycles. The molecular weight excluding hydrogens is 524 g/mol. The molecule has 192 valence electrons. The van der Waals surface area contributed by atoms with Gasteiger partial charge in [-0.25, -0.2) is 9.69 Å². The first kappa shape index (κ1) is 26.2. The zero-order valence-corrected chi connectivity index (χ0v) is 20.7. The molecule has 2 atom stereocenters. The van der Waals surface area contributed by atoms with E-state index in [2.05, 4.69) is 5.16 Å². The molecule has 2 aliphatic rings. The first-order chi connectivity index (χ1) is 17.0. The molecular formula is C24H21Cl2F3N2O5. The minimum atomic E-state index is -4.83. The summed E-state index contributed by atoms with van der Waals surface area (Å²) < 4.78 is 53.0. The first-order valence-electron chi connectivity index (χ1n) is 10.9. The number of imide groups is 1. The van der Waals surface area contributed by atoms with Crippen LogP contribution in [0.4, 0.5) is 18.0 Å². The highest BCUT2D eigenvalue weighted by Crippen LogP contribution is 2.49. The summed E-state index contributed by atoms with van der Waals surface area (Å²) >= 11 is 11.9. The zero-order chi connectivity index (χ0) is 26.3. The number of hydrogen-bond acceptors (Lipinski definition) is 6. The fraction of sp³-hybridized carbons (Fsp3) is 0.375. The quantitative estimate of drug-likeness (QED) is 0.456. The predicted octanol–water partition coefficient (Wildman–Crippen LogP) is 6.23. The number of hydrogen-bond donors (Lipinski definition) is 0. The average Bonchev–Trinajstić information content (AvgIpc) is 3.49. The smallest absolute Gasteiger partial charge is 0.435 e. The highest BCUT2D eigenvalue weighted by molar-refractivity contribution is 6.34. The zero-order valence-electron chi connectivity index (χ0n) is 19.2. The minimum absolute atomic E-state index is 0.0227. The van der Waals surface area contributed by atoms with Crippen LogP contribution < -0.4 is 0 Å². The molecule has 0 bridgehead atoms. The molecule has 0 aliphatic carbocycles. The molecule has 2 amide bonds. The monoisotopic (exact) mass is 544 g/mol. The van der Waals surface area contributed by atoms with E-state index in [1.807, 2.05) is 0 Å². The third-order valence-electron chi connectivity index (χ3n) is 6.09. The standard InChI is InChI=1S/C24H21Cl2F3N2O5/c1-13-8-14(5-6-18(13)21(32)31(22(33)34-2)20-4-3-7-35-20)19-12-23(36-30-19,24(27,28)29)15-9-16(25)11-17(26)10-15/h5-6,8-11,20H,3-4,7,12H2,1-2H3. The van der Waals surface area contributed by atoms with Gasteiger partial charge in [0.2, 0.25) is 0 Å². The van der Waals surface area contributed by atoms with Gasteiger partial charge in [0, 0.05) is 34.2 Å². The second-order valence-electron chi connectivity index (χ2n) is 8.43. The normalized spacial score (nSPS) is 21.6. The molecule has 2 unspecified atom stereocenters. The van der Waals surface area contributed by atoms with Gasteiger partial charge in [0.15, 0.2) is 0 Å². The van der Waals surface area contributed by atoms with Crippen LogP contribution >= 0.6 is 23.2 Å². The van der Waals surface area contributed by atoms with E-state index in [0.29, 0.717) is 30.6 Å². The largest absolute Gasteiger partial charge is 0.452 e. The highest BCUT2D eigenvalue weighted by atomic mass is 35.5. The van der Waals surface area contributed by atoms with Crippen molar-refractivity contribution < 1.29 is 37.1 Å². The number of aryl methyl sites for hydroxylation is 1. The Bertz CT molecular complexity index is 1210. The van der Waals surface area contributed by atoms with Crippen LogP contribution in [0.5, 0.6) is 0 Å². The van der Waals surface area contributed by atoms with Crippen molar-refractivity contribution in [2.75, 3.05) is 13.7 Å². The Morgan fingerprint density at radius 2 is 1.86 bits per heavy atom. The Labute approximate surface area is 214 Å². The van der Waals surface area contributed by atoms with Crippen LogP contribution in [0.1, 0.15) is 46.3 Å². The number of halogens is 5. The van der Waals surface area contributed by atoms with Crippen LogP contribution in [-0.2, 0) is 19.9 Å². The lowest BCUT2D eigenvalue weighted by Crippen LogP contribution is -2.44. The maximum atomic E-state index is 14.3. The number of benzene rings is 2. The van der Waals surface area contributed by atoms with Gasteiger partial charge in [-0.05, 0) is 61.2 Å². The lowest BCUT2D eigenvalue weighted by molar-refractivity contribution is -0.275. The van der Waals surface area contributed by atoms with Crippen molar-refractivity contribution in [3.8, 4) is 0 Å². The van der Waals surface area contributed by atoms with Gasteiger partial charge in [0.05, 0.1) is 12.8 Å². The summed E-state index contributed by atoms with van der Waals surface area (Å²) in [6.45, 7) is 2.01. The van der Waals surface area contributed by atoms with E-state index >= 15 is 0 Å². The lowest BCUT2D eigenvalue weighted by Gasteiger charge is -2.29.